The molecule has 0 aromatic heterocycles. The van der Waals surface area contributed by atoms with Gasteiger partial charge in [-0.15, -0.1) is 0 Å². The number of benzene rings is 1. The largest absolute Gasteiger partial charge is 0.408 e. The quantitative estimate of drug-likeness (QED) is 0.552. The van der Waals surface area contributed by atoms with Crippen molar-refractivity contribution in [1.82, 2.24) is 0 Å². The number of ether oxygens (including phenoxy) is 1. The van der Waals surface area contributed by atoms with Gasteiger partial charge in [-0.1, -0.05) is 23.6 Å². The van der Waals surface area contributed by atoms with Crippen molar-refractivity contribution in [2.24, 2.45) is 0 Å². The van der Waals surface area contributed by atoms with Crippen molar-refractivity contribution in [2.45, 2.75) is 13.8 Å². The van der Waals surface area contributed by atoms with Crippen LogP contribution >= 0.6 is 0 Å². The Morgan fingerprint density at radius 2 is 1.82 bits per heavy atom. The first-order valence-electron chi connectivity index (χ1n) is 3.48. The molecule has 0 aliphatic rings. The SMILES string of the molecule is CC#COc1ccc(C)cc1. The molecule has 0 aliphatic carbocycles. The monoisotopic (exact) mass is 146 g/mol. The molecule has 0 atom stereocenters. The molecule has 56 valence electrons. The minimum atomic E-state index is 0.796. The fraction of sp³-hybridized carbons (Fsp3) is 0.200. The molecule has 0 heterocycles. The lowest BCUT2D eigenvalue weighted by molar-refractivity contribution is 0.519. The zero-order valence-electron chi connectivity index (χ0n) is 6.72. The molecular weight excluding hydrogens is 136 g/mol. The molecule has 1 nitrogen and oxygen atoms in total. The van der Waals surface area contributed by atoms with Crippen LogP contribution in [-0.2, 0) is 0 Å². The predicted octanol–water partition coefficient (Wildman–Crippen LogP) is 2.35. The third-order valence-electron chi connectivity index (χ3n) is 1.29. The lowest BCUT2D eigenvalue weighted by atomic mass is 10.2. The van der Waals surface area contributed by atoms with Crippen molar-refractivity contribution in [3.05, 3.63) is 29.8 Å². The molecule has 0 amide bonds. The molecule has 0 saturated carbocycles. The van der Waals surface area contributed by atoms with Crippen LogP contribution in [0.1, 0.15) is 12.5 Å². The van der Waals surface area contributed by atoms with E-state index in [2.05, 4.69) is 12.0 Å². The van der Waals surface area contributed by atoms with Crippen molar-refractivity contribution in [3.8, 4) is 17.8 Å². The summed E-state index contributed by atoms with van der Waals surface area (Å²) in [6.45, 7) is 3.78. The molecule has 0 fully saturated rings. The van der Waals surface area contributed by atoms with Gasteiger partial charge in [-0.25, -0.2) is 0 Å². The molecule has 0 radical (unpaired) electrons. The Morgan fingerprint density at radius 3 is 2.36 bits per heavy atom. The van der Waals surface area contributed by atoms with Crippen LogP contribution in [0.25, 0.3) is 0 Å². The number of hydrogen-bond acceptors (Lipinski definition) is 1. The van der Waals surface area contributed by atoms with Gasteiger partial charge in [0.1, 0.15) is 11.9 Å². The lowest BCUT2D eigenvalue weighted by Crippen LogP contribution is -1.81. The van der Waals surface area contributed by atoms with E-state index >= 15 is 0 Å². The molecule has 1 aromatic carbocycles. The van der Waals surface area contributed by atoms with Gasteiger partial charge in [0.15, 0.2) is 0 Å². The molecule has 1 rings (SSSR count). The average Bonchev–Trinajstić information content (AvgIpc) is 2.04. The Balaban J connectivity index is 2.71. The summed E-state index contributed by atoms with van der Waals surface area (Å²) in [5, 5.41) is 0. The zero-order chi connectivity index (χ0) is 8.10. The van der Waals surface area contributed by atoms with Crippen molar-refractivity contribution in [2.75, 3.05) is 0 Å². The van der Waals surface area contributed by atoms with E-state index in [-0.39, 0.29) is 0 Å². The van der Waals surface area contributed by atoms with Gasteiger partial charge in [-0.2, -0.15) is 0 Å². The van der Waals surface area contributed by atoms with Crippen LogP contribution in [0.3, 0.4) is 0 Å². The van der Waals surface area contributed by atoms with Crippen LogP contribution < -0.4 is 4.74 Å². The highest BCUT2D eigenvalue weighted by Gasteiger charge is 1.88. The highest BCUT2D eigenvalue weighted by Crippen LogP contribution is 2.10. The van der Waals surface area contributed by atoms with E-state index in [0.29, 0.717) is 0 Å². The molecule has 0 unspecified atom stereocenters. The molecular formula is C10H10O. The maximum Gasteiger partial charge on any atom is 0.140 e. The minimum absolute atomic E-state index is 0.796. The normalized spacial score (nSPS) is 8.18. The van der Waals surface area contributed by atoms with Gasteiger partial charge >= 0.3 is 0 Å². The van der Waals surface area contributed by atoms with E-state index < -0.39 is 0 Å². The lowest BCUT2D eigenvalue weighted by Gasteiger charge is -1.95. The molecule has 1 heteroatoms. The Morgan fingerprint density at radius 1 is 1.18 bits per heavy atom. The van der Waals surface area contributed by atoms with Crippen LogP contribution in [0.2, 0.25) is 0 Å². The van der Waals surface area contributed by atoms with Crippen LogP contribution in [0.15, 0.2) is 24.3 Å². The third kappa shape index (κ3) is 2.35. The smallest absolute Gasteiger partial charge is 0.140 e. The maximum absolute atomic E-state index is 5.05. The van der Waals surface area contributed by atoms with Crippen LogP contribution in [0.5, 0.6) is 5.75 Å². The van der Waals surface area contributed by atoms with Crippen LogP contribution in [0.4, 0.5) is 0 Å². The Hall–Kier alpha value is -1.42. The standard InChI is InChI=1S/C10H10O/c1-3-8-11-10-6-4-9(2)5-7-10/h4-7H,1-2H3. The van der Waals surface area contributed by atoms with Crippen LogP contribution in [0, 0.1) is 19.0 Å². The van der Waals surface area contributed by atoms with Gasteiger partial charge in [-0.3, -0.25) is 0 Å². The van der Waals surface area contributed by atoms with Gasteiger partial charge in [0.2, 0.25) is 0 Å². The highest BCUT2D eigenvalue weighted by molar-refractivity contribution is 5.27. The second kappa shape index (κ2) is 3.68. The summed E-state index contributed by atoms with van der Waals surface area (Å²) in [4.78, 5) is 0. The Bertz CT molecular complexity index is 274. The molecule has 0 aliphatic heterocycles. The molecule has 11 heavy (non-hydrogen) atoms. The second-order valence-corrected chi connectivity index (χ2v) is 2.27. The molecule has 0 N–H and O–H groups in total. The Labute approximate surface area is 67.0 Å². The summed E-state index contributed by atoms with van der Waals surface area (Å²) in [6.07, 6.45) is 2.53. The molecule has 1 aromatic rings. The van der Waals surface area contributed by atoms with Crippen LogP contribution in [-0.4, -0.2) is 0 Å². The minimum Gasteiger partial charge on any atom is -0.408 e. The van der Waals surface area contributed by atoms with E-state index in [1.54, 1.807) is 6.92 Å². The molecule has 0 bridgehead atoms. The van der Waals surface area contributed by atoms with E-state index in [1.807, 2.05) is 31.2 Å². The van der Waals surface area contributed by atoms with Crippen molar-refractivity contribution >= 4 is 0 Å². The first-order chi connectivity index (χ1) is 5.33. The Kier molecular flexibility index (Phi) is 2.57. The van der Waals surface area contributed by atoms with E-state index in [1.165, 1.54) is 5.56 Å². The fourth-order valence-corrected chi connectivity index (χ4v) is 0.716. The summed E-state index contributed by atoms with van der Waals surface area (Å²) in [7, 11) is 0. The van der Waals surface area contributed by atoms with Crippen molar-refractivity contribution in [3.63, 3.8) is 0 Å². The van der Waals surface area contributed by atoms with Gasteiger partial charge in [0.05, 0.1) is 0 Å². The fourth-order valence-electron chi connectivity index (χ4n) is 0.716. The predicted molar refractivity (Wildman–Crippen MR) is 45.3 cm³/mol. The molecule has 0 saturated heterocycles. The first-order valence-corrected chi connectivity index (χ1v) is 3.48. The number of hydrogen-bond donors (Lipinski definition) is 0. The second-order valence-electron chi connectivity index (χ2n) is 2.27. The van der Waals surface area contributed by atoms with E-state index in [0.717, 1.165) is 5.75 Å². The summed E-state index contributed by atoms with van der Waals surface area (Å²) in [5.41, 5.74) is 1.22. The van der Waals surface area contributed by atoms with Gasteiger partial charge in [0, 0.05) is 6.92 Å². The average molecular weight is 146 g/mol. The summed E-state index contributed by atoms with van der Waals surface area (Å²) >= 11 is 0. The number of rotatable bonds is 1. The summed E-state index contributed by atoms with van der Waals surface area (Å²) in [6, 6.07) is 7.79. The van der Waals surface area contributed by atoms with E-state index in [4.69, 9.17) is 4.74 Å². The first kappa shape index (κ1) is 7.68. The van der Waals surface area contributed by atoms with Gasteiger partial charge < -0.3 is 4.74 Å². The van der Waals surface area contributed by atoms with E-state index in [9.17, 15) is 0 Å². The van der Waals surface area contributed by atoms with Gasteiger partial charge in [0.25, 0.3) is 0 Å². The maximum atomic E-state index is 5.05. The topological polar surface area (TPSA) is 9.23 Å². The third-order valence-corrected chi connectivity index (χ3v) is 1.29. The summed E-state index contributed by atoms with van der Waals surface area (Å²) in [5.74, 6) is 3.45. The summed E-state index contributed by atoms with van der Waals surface area (Å²) < 4.78 is 5.05. The van der Waals surface area contributed by atoms with Crippen molar-refractivity contribution < 1.29 is 4.74 Å². The van der Waals surface area contributed by atoms with Gasteiger partial charge in [-0.05, 0) is 19.1 Å². The molecule has 0 spiro atoms. The zero-order valence-corrected chi connectivity index (χ0v) is 6.72. The highest BCUT2D eigenvalue weighted by atomic mass is 16.5. The van der Waals surface area contributed by atoms with Crippen molar-refractivity contribution in [1.29, 1.82) is 0 Å². The number of aryl methyl sites for hydroxylation is 1.